The summed E-state index contributed by atoms with van der Waals surface area (Å²) >= 11 is 0. The molecule has 1 rings (SSSR count). The second-order valence-electron chi connectivity index (χ2n) is 4.22. The molecule has 0 spiro atoms. The number of benzene rings is 1. The van der Waals surface area contributed by atoms with Crippen molar-refractivity contribution in [3.8, 4) is 5.75 Å². The summed E-state index contributed by atoms with van der Waals surface area (Å²) in [7, 11) is 0. The van der Waals surface area contributed by atoms with Crippen LogP contribution in [0.1, 0.15) is 20.8 Å². The number of nitrogens with zero attached hydrogens (tertiary/aromatic N) is 1. The third kappa shape index (κ3) is 8.69. The number of nitrogens with one attached hydrogen (secondary N) is 2. The van der Waals surface area contributed by atoms with Crippen LogP contribution < -0.4 is 15.4 Å². The Kier molecular flexibility index (Phi) is 10.3. The first kappa shape index (κ1) is 18.0. The van der Waals surface area contributed by atoms with Crippen molar-refractivity contribution < 1.29 is 4.74 Å². The molecule has 0 amide bonds. The first-order valence-electron chi connectivity index (χ1n) is 6.45. The molecule has 0 aliphatic heterocycles. The molecule has 1 aromatic rings. The molecule has 108 valence electrons. The molecule has 0 fully saturated rings. The summed E-state index contributed by atoms with van der Waals surface area (Å²) in [5, 5.41) is 6.46. The highest BCUT2D eigenvalue weighted by atomic mass is 127. The van der Waals surface area contributed by atoms with Gasteiger partial charge >= 0.3 is 0 Å². The quantitative estimate of drug-likeness (QED) is 0.347. The van der Waals surface area contributed by atoms with Gasteiger partial charge < -0.3 is 15.4 Å². The lowest BCUT2D eigenvalue weighted by Crippen LogP contribution is -2.41. The van der Waals surface area contributed by atoms with E-state index in [1.807, 2.05) is 30.3 Å². The van der Waals surface area contributed by atoms with E-state index in [0.29, 0.717) is 19.2 Å². The maximum absolute atomic E-state index is 5.58. The molecular formula is C14H24IN3O. The number of hydrogen-bond donors (Lipinski definition) is 2. The average Bonchev–Trinajstić information content (AvgIpc) is 2.35. The Labute approximate surface area is 133 Å². The van der Waals surface area contributed by atoms with Gasteiger partial charge in [-0.15, -0.1) is 24.0 Å². The molecule has 0 heterocycles. The van der Waals surface area contributed by atoms with E-state index in [0.717, 1.165) is 18.3 Å². The normalized spacial score (nSPS) is 10.8. The molecule has 5 heteroatoms. The van der Waals surface area contributed by atoms with E-state index in [1.165, 1.54) is 0 Å². The third-order valence-electron chi connectivity index (χ3n) is 2.14. The summed E-state index contributed by atoms with van der Waals surface area (Å²) < 4.78 is 5.58. The van der Waals surface area contributed by atoms with Crippen LogP contribution in [0.4, 0.5) is 0 Å². The van der Waals surface area contributed by atoms with Crippen LogP contribution in [0.25, 0.3) is 0 Å². The fraction of sp³-hybridized carbons (Fsp3) is 0.500. The van der Waals surface area contributed by atoms with Crippen LogP contribution in [-0.4, -0.2) is 31.7 Å². The lowest BCUT2D eigenvalue weighted by Gasteiger charge is -2.14. The SMILES string of the molecule is CCNC(=NCCOc1ccccc1)NC(C)C.I. The van der Waals surface area contributed by atoms with Gasteiger partial charge in [0.1, 0.15) is 12.4 Å². The van der Waals surface area contributed by atoms with Gasteiger partial charge in [-0.05, 0) is 32.9 Å². The summed E-state index contributed by atoms with van der Waals surface area (Å²) in [4.78, 5) is 4.44. The molecule has 0 radical (unpaired) electrons. The zero-order chi connectivity index (χ0) is 13.2. The fourth-order valence-electron chi connectivity index (χ4n) is 1.43. The lowest BCUT2D eigenvalue weighted by molar-refractivity contribution is 0.328. The topological polar surface area (TPSA) is 45.7 Å². The highest BCUT2D eigenvalue weighted by molar-refractivity contribution is 14.0. The lowest BCUT2D eigenvalue weighted by atomic mass is 10.3. The summed E-state index contributed by atoms with van der Waals surface area (Å²) in [5.74, 6) is 1.72. The minimum Gasteiger partial charge on any atom is -0.492 e. The molecule has 0 bridgehead atoms. The zero-order valence-electron chi connectivity index (χ0n) is 11.8. The number of hydrogen-bond acceptors (Lipinski definition) is 2. The van der Waals surface area contributed by atoms with Crippen molar-refractivity contribution in [2.45, 2.75) is 26.8 Å². The first-order chi connectivity index (χ1) is 8.72. The predicted octanol–water partition coefficient (Wildman–Crippen LogP) is 2.65. The van der Waals surface area contributed by atoms with E-state index in [9.17, 15) is 0 Å². The molecule has 0 atom stereocenters. The Hall–Kier alpha value is -0.980. The Morgan fingerprint density at radius 3 is 2.53 bits per heavy atom. The van der Waals surface area contributed by atoms with Crippen molar-refractivity contribution in [1.29, 1.82) is 0 Å². The Morgan fingerprint density at radius 1 is 1.26 bits per heavy atom. The third-order valence-corrected chi connectivity index (χ3v) is 2.14. The van der Waals surface area contributed by atoms with Gasteiger partial charge in [0.2, 0.25) is 0 Å². The summed E-state index contributed by atoms with van der Waals surface area (Å²) in [5.41, 5.74) is 0. The van der Waals surface area contributed by atoms with Crippen molar-refractivity contribution in [2.24, 2.45) is 4.99 Å². The van der Waals surface area contributed by atoms with E-state index in [1.54, 1.807) is 0 Å². The molecule has 0 saturated carbocycles. The van der Waals surface area contributed by atoms with Crippen LogP contribution in [-0.2, 0) is 0 Å². The molecule has 1 aromatic carbocycles. The van der Waals surface area contributed by atoms with Gasteiger partial charge in [-0.3, -0.25) is 0 Å². The van der Waals surface area contributed by atoms with E-state index in [2.05, 4.69) is 36.4 Å². The van der Waals surface area contributed by atoms with Gasteiger partial charge in [0.25, 0.3) is 0 Å². The molecule has 2 N–H and O–H groups in total. The van der Waals surface area contributed by atoms with Gasteiger partial charge in [0, 0.05) is 12.6 Å². The largest absolute Gasteiger partial charge is 0.492 e. The van der Waals surface area contributed by atoms with Crippen LogP contribution in [0.3, 0.4) is 0 Å². The maximum Gasteiger partial charge on any atom is 0.191 e. The summed E-state index contributed by atoms with van der Waals surface area (Å²) in [6.45, 7) is 8.31. The number of guanidine groups is 1. The van der Waals surface area contributed by atoms with Gasteiger partial charge in [-0.1, -0.05) is 18.2 Å². The van der Waals surface area contributed by atoms with Crippen LogP contribution in [0.2, 0.25) is 0 Å². The highest BCUT2D eigenvalue weighted by Crippen LogP contribution is 2.07. The van der Waals surface area contributed by atoms with Crippen molar-refractivity contribution in [1.82, 2.24) is 10.6 Å². The Bertz CT molecular complexity index is 355. The molecule has 19 heavy (non-hydrogen) atoms. The Morgan fingerprint density at radius 2 is 1.95 bits per heavy atom. The number of halogens is 1. The number of aliphatic imine (C=N–C) groups is 1. The van der Waals surface area contributed by atoms with Crippen molar-refractivity contribution in [3.63, 3.8) is 0 Å². The fourth-order valence-corrected chi connectivity index (χ4v) is 1.43. The number of rotatable bonds is 6. The van der Waals surface area contributed by atoms with Crippen LogP contribution in [0.15, 0.2) is 35.3 Å². The second kappa shape index (κ2) is 10.9. The first-order valence-corrected chi connectivity index (χ1v) is 6.45. The molecule has 0 saturated heterocycles. The molecule has 0 unspecified atom stereocenters. The number of ether oxygens (including phenoxy) is 1. The molecule has 0 aliphatic rings. The van der Waals surface area contributed by atoms with Crippen LogP contribution in [0.5, 0.6) is 5.75 Å². The number of para-hydroxylation sites is 1. The van der Waals surface area contributed by atoms with Gasteiger partial charge in [-0.2, -0.15) is 0 Å². The van der Waals surface area contributed by atoms with E-state index in [4.69, 9.17) is 4.74 Å². The molecule has 0 aromatic heterocycles. The van der Waals surface area contributed by atoms with Crippen molar-refractivity contribution >= 4 is 29.9 Å². The summed E-state index contributed by atoms with van der Waals surface area (Å²) in [6, 6.07) is 10.2. The minimum atomic E-state index is 0. The van der Waals surface area contributed by atoms with Gasteiger partial charge in [0.05, 0.1) is 6.54 Å². The predicted molar refractivity (Wildman–Crippen MR) is 91.6 cm³/mol. The summed E-state index contributed by atoms with van der Waals surface area (Å²) in [6.07, 6.45) is 0. The molecule has 0 aliphatic carbocycles. The zero-order valence-corrected chi connectivity index (χ0v) is 14.2. The smallest absolute Gasteiger partial charge is 0.191 e. The van der Waals surface area contributed by atoms with Crippen molar-refractivity contribution in [2.75, 3.05) is 19.7 Å². The van der Waals surface area contributed by atoms with Crippen LogP contribution >= 0.6 is 24.0 Å². The molecule has 4 nitrogen and oxygen atoms in total. The van der Waals surface area contributed by atoms with Crippen molar-refractivity contribution in [3.05, 3.63) is 30.3 Å². The van der Waals surface area contributed by atoms with E-state index in [-0.39, 0.29) is 24.0 Å². The minimum absolute atomic E-state index is 0. The second-order valence-corrected chi connectivity index (χ2v) is 4.22. The maximum atomic E-state index is 5.58. The van der Waals surface area contributed by atoms with Crippen LogP contribution in [0, 0.1) is 0 Å². The average molecular weight is 377 g/mol. The van der Waals surface area contributed by atoms with Gasteiger partial charge in [-0.25, -0.2) is 4.99 Å². The van der Waals surface area contributed by atoms with E-state index >= 15 is 0 Å². The Balaban J connectivity index is 0.00000324. The standard InChI is InChI=1S/C14H23N3O.HI/c1-4-15-14(17-12(2)3)16-10-11-18-13-8-6-5-7-9-13;/h5-9,12H,4,10-11H2,1-3H3,(H2,15,16,17);1H. The monoisotopic (exact) mass is 377 g/mol. The molecular weight excluding hydrogens is 353 g/mol. The highest BCUT2D eigenvalue weighted by Gasteiger charge is 1.98. The van der Waals surface area contributed by atoms with E-state index < -0.39 is 0 Å². The van der Waals surface area contributed by atoms with Gasteiger partial charge in [0.15, 0.2) is 5.96 Å².